The third-order valence-electron chi connectivity index (χ3n) is 4.37. The fourth-order valence-corrected chi connectivity index (χ4v) is 2.74. The van der Waals surface area contributed by atoms with E-state index < -0.39 is 23.9 Å². The molecule has 2 aromatic carbocycles. The number of aliphatic hydroxyl groups is 2. The van der Waals surface area contributed by atoms with Gasteiger partial charge in [-0.05, 0) is 43.7 Å². The van der Waals surface area contributed by atoms with Crippen LogP contribution >= 0.6 is 0 Å². The number of Topliss-reactive ketones (excluding diaryl/α,β-unsaturated/α-hetero) is 2. The largest absolute Gasteiger partial charge is 0.390 e. The van der Waals surface area contributed by atoms with Crippen LogP contribution in [0.3, 0.4) is 0 Å². The minimum absolute atomic E-state index is 0.159. The second kappa shape index (κ2) is 9.80. The van der Waals surface area contributed by atoms with Crippen molar-refractivity contribution in [3.8, 4) is 11.8 Å². The third kappa shape index (κ3) is 6.31. The number of allylic oxidation sites excluding steroid dienone is 1. The molecule has 0 aromatic heterocycles. The Bertz CT molecular complexity index is 892. The van der Waals surface area contributed by atoms with Crippen molar-refractivity contribution in [2.45, 2.75) is 25.9 Å². The van der Waals surface area contributed by atoms with Crippen molar-refractivity contribution in [1.29, 1.82) is 0 Å². The number of aliphatic hydroxyl groups excluding tert-OH is 1. The van der Waals surface area contributed by atoms with E-state index in [9.17, 15) is 14.7 Å². The highest BCUT2D eigenvalue weighted by atomic mass is 16.3. The Morgan fingerprint density at radius 2 is 1.71 bits per heavy atom. The number of hydrogen-bond donors (Lipinski definition) is 2. The molecule has 144 valence electrons. The van der Waals surface area contributed by atoms with Crippen LogP contribution in [0.1, 0.15) is 41.8 Å². The third-order valence-corrected chi connectivity index (χ3v) is 4.37. The minimum Gasteiger partial charge on any atom is -0.390 e. The highest BCUT2D eigenvalue weighted by molar-refractivity contribution is 5.99. The summed E-state index contributed by atoms with van der Waals surface area (Å²) in [6, 6.07) is 16.6. The molecule has 4 nitrogen and oxygen atoms in total. The van der Waals surface area contributed by atoms with Gasteiger partial charge < -0.3 is 10.2 Å². The summed E-state index contributed by atoms with van der Waals surface area (Å²) in [5.74, 6) is 4.19. The summed E-state index contributed by atoms with van der Waals surface area (Å²) in [4.78, 5) is 24.3. The van der Waals surface area contributed by atoms with Crippen LogP contribution in [0, 0.1) is 17.8 Å². The summed E-state index contributed by atoms with van der Waals surface area (Å²) in [6.07, 6.45) is 3.52. The zero-order chi connectivity index (χ0) is 20.6. The minimum atomic E-state index is -1.38. The SMILES string of the molecule is CC(C)(O)[C@H](CC(=O)c1ccc(C#C/C=C/c2ccccc2)cc1)C(=O)CO. The molecule has 0 fully saturated rings. The molecule has 0 bridgehead atoms. The first kappa shape index (κ1) is 21.3. The van der Waals surface area contributed by atoms with Crippen LogP contribution in [-0.4, -0.2) is 34.0 Å². The molecular formula is C24H24O4. The standard InChI is InChI=1S/C24H24O4/c1-24(2,28)21(23(27)17-25)16-22(26)20-14-12-19(13-15-20)11-7-6-10-18-8-4-3-5-9-18/h3-6,8-10,12-15,21,25,28H,16-17H2,1-2H3/b10-6+/t21-/m1/s1. The molecule has 0 radical (unpaired) electrons. The van der Waals surface area contributed by atoms with Gasteiger partial charge in [-0.3, -0.25) is 9.59 Å². The molecule has 0 saturated heterocycles. The zero-order valence-corrected chi connectivity index (χ0v) is 16.1. The lowest BCUT2D eigenvalue weighted by atomic mass is 9.82. The van der Waals surface area contributed by atoms with E-state index in [-0.39, 0.29) is 12.2 Å². The van der Waals surface area contributed by atoms with Gasteiger partial charge in [0, 0.05) is 17.5 Å². The molecule has 4 heteroatoms. The Morgan fingerprint density at radius 3 is 2.29 bits per heavy atom. The van der Waals surface area contributed by atoms with Crippen LogP contribution < -0.4 is 0 Å². The molecule has 0 saturated carbocycles. The highest BCUT2D eigenvalue weighted by Gasteiger charge is 2.34. The predicted octanol–water partition coefficient (Wildman–Crippen LogP) is 3.27. The topological polar surface area (TPSA) is 74.6 Å². The fraction of sp³-hybridized carbons (Fsp3) is 0.250. The van der Waals surface area contributed by atoms with Crippen LogP contribution in [0.5, 0.6) is 0 Å². The van der Waals surface area contributed by atoms with Crippen LogP contribution in [0.4, 0.5) is 0 Å². The number of carbonyl (C=O) groups excluding carboxylic acids is 2. The van der Waals surface area contributed by atoms with Crippen LogP contribution in [0.25, 0.3) is 6.08 Å². The summed E-state index contributed by atoms with van der Waals surface area (Å²) < 4.78 is 0. The number of carbonyl (C=O) groups is 2. The van der Waals surface area contributed by atoms with Gasteiger partial charge in [0.15, 0.2) is 11.6 Å². The van der Waals surface area contributed by atoms with Crippen molar-refractivity contribution in [3.05, 3.63) is 77.4 Å². The lowest BCUT2D eigenvalue weighted by Gasteiger charge is -2.27. The monoisotopic (exact) mass is 376 g/mol. The average Bonchev–Trinajstić information content (AvgIpc) is 2.69. The van der Waals surface area contributed by atoms with Crippen molar-refractivity contribution in [2.24, 2.45) is 5.92 Å². The molecule has 0 aliphatic carbocycles. The molecule has 0 aliphatic heterocycles. The van der Waals surface area contributed by atoms with Gasteiger partial charge in [0.25, 0.3) is 0 Å². The molecule has 0 unspecified atom stereocenters. The van der Waals surface area contributed by atoms with Gasteiger partial charge >= 0.3 is 0 Å². The van der Waals surface area contributed by atoms with Gasteiger partial charge in [-0.15, -0.1) is 0 Å². The molecule has 28 heavy (non-hydrogen) atoms. The smallest absolute Gasteiger partial charge is 0.164 e. The maximum absolute atomic E-state index is 12.5. The Kier molecular flexibility index (Phi) is 7.45. The molecule has 0 spiro atoms. The van der Waals surface area contributed by atoms with Crippen molar-refractivity contribution < 1.29 is 19.8 Å². The maximum atomic E-state index is 12.5. The molecule has 0 aliphatic rings. The van der Waals surface area contributed by atoms with Crippen molar-refractivity contribution in [3.63, 3.8) is 0 Å². The zero-order valence-electron chi connectivity index (χ0n) is 16.1. The Labute approximate surface area is 165 Å². The predicted molar refractivity (Wildman–Crippen MR) is 110 cm³/mol. The first-order valence-electron chi connectivity index (χ1n) is 9.03. The van der Waals surface area contributed by atoms with Gasteiger partial charge in [0.1, 0.15) is 6.61 Å². The van der Waals surface area contributed by atoms with E-state index in [1.165, 1.54) is 13.8 Å². The van der Waals surface area contributed by atoms with E-state index in [4.69, 9.17) is 5.11 Å². The first-order valence-corrected chi connectivity index (χ1v) is 9.03. The highest BCUT2D eigenvalue weighted by Crippen LogP contribution is 2.23. The second-order valence-corrected chi connectivity index (χ2v) is 7.05. The van der Waals surface area contributed by atoms with Gasteiger partial charge in [0.2, 0.25) is 0 Å². The van der Waals surface area contributed by atoms with E-state index >= 15 is 0 Å². The summed E-state index contributed by atoms with van der Waals surface area (Å²) in [7, 11) is 0. The van der Waals surface area contributed by atoms with E-state index in [0.29, 0.717) is 5.56 Å². The summed E-state index contributed by atoms with van der Waals surface area (Å²) in [5, 5.41) is 19.2. The first-order chi connectivity index (χ1) is 13.3. The summed E-state index contributed by atoms with van der Waals surface area (Å²) >= 11 is 0. The van der Waals surface area contributed by atoms with E-state index in [1.54, 1.807) is 30.3 Å². The van der Waals surface area contributed by atoms with E-state index in [0.717, 1.165) is 11.1 Å². The Morgan fingerprint density at radius 1 is 1.07 bits per heavy atom. The Balaban J connectivity index is 2.04. The van der Waals surface area contributed by atoms with Crippen LogP contribution in [-0.2, 0) is 4.79 Å². The molecule has 2 rings (SSSR count). The van der Waals surface area contributed by atoms with E-state index in [1.807, 2.05) is 36.4 Å². The van der Waals surface area contributed by atoms with Crippen molar-refractivity contribution in [2.75, 3.05) is 6.61 Å². The van der Waals surface area contributed by atoms with Crippen LogP contribution in [0.2, 0.25) is 0 Å². The van der Waals surface area contributed by atoms with Crippen molar-refractivity contribution >= 4 is 17.6 Å². The maximum Gasteiger partial charge on any atom is 0.164 e. The van der Waals surface area contributed by atoms with Gasteiger partial charge in [-0.1, -0.05) is 54.3 Å². The molecule has 1 atom stereocenters. The van der Waals surface area contributed by atoms with E-state index in [2.05, 4.69) is 11.8 Å². The lowest BCUT2D eigenvalue weighted by Crippen LogP contribution is -2.39. The summed E-state index contributed by atoms with van der Waals surface area (Å²) in [5.41, 5.74) is 0.882. The molecule has 0 amide bonds. The van der Waals surface area contributed by atoms with Gasteiger partial charge in [-0.2, -0.15) is 0 Å². The lowest BCUT2D eigenvalue weighted by molar-refractivity contribution is -0.133. The Hall–Kier alpha value is -3.00. The molecule has 2 N–H and O–H groups in total. The van der Waals surface area contributed by atoms with Crippen LogP contribution in [0.15, 0.2) is 60.7 Å². The molecule has 0 heterocycles. The number of benzene rings is 2. The average molecular weight is 376 g/mol. The molecule has 2 aromatic rings. The van der Waals surface area contributed by atoms with Crippen molar-refractivity contribution in [1.82, 2.24) is 0 Å². The molecular weight excluding hydrogens is 352 g/mol. The summed E-state index contributed by atoms with van der Waals surface area (Å²) in [6.45, 7) is 2.22. The second-order valence-electron chi connectivity index (χ2n) is 7.05. The normalized spacial score (nSPS) is 12.3. The number of rotatable bonds is 7. The van der Waals surface area contributed by atoms with Gasteiger partial charge in [0.05, 0.1) is 11.5 Å². The quantitative estimate of drug-likeness (QED) is 0.574. The number of ketones is 2. The number of hydrogen-bond acceptors (Lipinski definition) is 4. The fourth-order valence-electron chi connectivity index (χ4n) is 2.74. The van der Waals surface area contributed by atoms with Gasteiger partial charge in [-0.25, -0.2) is 0 Å².